The van der Waals surface area contributed by atoms with Crippen LogP contribution in [0, 0.1) is 0 Å². The van der Waals surface area contributed by atoms with Gasteiger partial charge in [0.25, 0.3) is 5.91 Å². The summed E-state index contributed by atoms with van der Waals surface area (Å²) < 4.78 is 11.7. The van der Waals surface area contributed by atoms with Gasteiger partial charge in [-0.1, -0.05) is 0 Å². The third-order valence-corrected chi connectivity index (χ3v) is 7.63. The van der Waals surface area contributed by atoms with Gasteiger partial charge in [0.1, 0.15) is 5.60 Å². The van der Waals surface area contributed by atoms with Gasteiger partial charge in [-0.3, -0.25) is 19.6 Å². The van der Waals surface area contributed by atoms with E-state index in [1.165, 1.54) is 10.4 Å². The van der Waals surface area contributed by atoms with Crippen molar-refractivity contribution in [2.24, 2.45) is 0 Å². The summed E-state index contributed by atoms with van der Waals surface area (Å²) in [5, 5.41) is 0. The number of ether oxygens (including phenoxy) is 2. The number of carbonyl (C=O) groups excluding carboxylic acids is 2. The quantitative estimate of drug-likeness (QED) is 0.704. The Hall–Kier alpha value is -2.32. The minimum atomic E-state index is -1.01. The predicted octanol–water partition coefficient (Wildman–Crippen LogP) is 2.69. The van der Waals surface area contributed by atoms with Crippen LogP contribution in [0.1, 0.15) is 43.0 Å². The van der Waals surface area contributed by atoms with Gasteiger partial charge in [0.05, 0.1) is 23.4 Å². The monoisotopic (exact) mass is 413 g/mol. The standard InChI is InChI=1S/C21H23N3O4S/c1-20(4-2-17(25)28-20)19(26)24-9-5-21(6-10-24)18-14(3-11-27-21)12-16(29-18)15-13-22-7-8-23-15/h7-8,12-13H,2-6,9-11H2,1H3. The van der Waals surface area contributed by atoms with Gasteiger partial charge in [-0.15, -0.1) is 11.3 Å². The zero-order valence-corrected chi connectivity index (χ0v) is 17.2. The minimum absolute atomic E-state index is 0.0827. The molecule has 0 aromatic carbocycles. The lowest BCUT2D eigenvalue weighted by atomic mass is 9.84. The highest BCUT2D eigenvalue weighted by Gasteiger charge is 2.49. The smallest absolute Gasteiger partial charge is 0.307 e. The molecule has 0 aliphatic carbocycles. The number of thiophene rings is 1. The van der Waals surface area contributed by atoms with Crippen LogP contribution in [0.5, 0.6) is 0 Å². The Balaban J connectivity index is 1.36. The first-order valence-electron chi connectivity index (χ1n) is 10.0. The summed E-state index contributed by atoms with van der Waals surface area (Å²) in [5.41, 5.74) is 0.842. The second-order valence-electron chi connectivity index (χ2n) is 8.15. The number of likely N-dealkylation sites (tertiary alicyclic amines) is 1. The third kappa shape index (κ3) is 3.14. The maximum Gasteiger partial charge on any atom is 0.307 e. The first-order valence-corrected chi connectivity index (χ1v) is 10.9. The molecule has 2 aromatic heterocycles. The maximum absolute atomic E-state index is 13.0. The number of piperidine rings is 1. The van der Waals surface area contributed by atoms with Crippen molar-refractivity contribution >= 4 is 23.2 Å². The number of hydrogen-bond donors (Lipinski definition) is 0. The maximum atomic E-state index is 13.0. The second kappa shape index (κ2) is 6.88. The number of aromatic nitrogens is 2. The number of esters is 1. The summed E-state index contributed by atoms with van der Waals surface area (Å²) in [6, 6.07) is 2.21. The fourth-order valence-electron chi connectivity index (χ4n) is 4.60. The van der Waals surface area contributed by atoms with Crippen LogP contribution in [0.4, 0.5) is 0 Å². The molecule has 1 unspecified atom stereocenters. The van der Waals surface area contributed by atoms with Crippen LogP contribution in [-0.4, -0.2) is 52.0 Å². The van der Waals surface area contributed by atoms with E-state index in [1.54, 1.807) is 36.9 Å². The van der Waals surface area contributed by atoms with Crippen LogP contribution in [0.3, 0.4) is 0 Å². The van der Waals surface area contributed by atoms with E-state index in [2.05, 4.69) is 16.0 Å². The molecule has 1 amide bonds. The first kappa shape index (κ1) is 18.7. The van der Waals surface area contributed by atoms with E-state index in [-0.39, 0.29) is 17.5 Å². The highest BCUT2D eigenvalue weighted by Crippen LogP contribution is 2.47. The Kier molecular flexibility index (Phi) is 4.43. The number of fused-ring (bicyclic) bond motifs is 2. The Labute approximate surface area is 173 Å². The largest absolute Gasteiger partial charge is 0.449 e. The lowest BCUT2D eigenvalue weighted by Crippen LogP contribution is -2.53. The van der Waals surface area contributed by atoms with Crippen molar-refractivity contribution in [3.8, 4) is 10.6 Å². The molecule has 3 aliphatic rings. The predicted molar refractivity (Wildman–Crippen MR) is 106 cm³/mol. The second-order valence-corrected chi connectivity index (χ2v) is 9.20. The van der Waals surface area contributed by atoms with Crippen LogP contribution < -0.4 is 0 Å². The Bertz CT molecular complexity index is 952. The van der Waals surface area contributed by atoms with Gasteiger partial charge < -0.3 is 14.4 Å². The van der Waals surface area contributed by atoms with Gasteiger partial charge in [0.2, 0.25) is 0 Å². The highest BCUT2D eigenvalue weighted by molar-refractivity contribution is 7.15. The summed E-state index contributed by atoms with van der Waals surface area (Å²) in [6.45, 7) is 3.62. The molecule has 152 valence electrons. The molecule has 1 spiro atoms. The van der Waals surface area contributed by atoms with Crippen molar-refractivity contribution in [3.05, 3.63) is 35.1 Å². The Morgan fingerprint density at radius 3 is 2.72 bits per heavy atom. The molecule has 0 saturated carbocycles. The van der Waals surface area contributed by atoms with E-state index in [0.717, 1.165) is 29.8 Å². The van der Waals surface area contributed by atoms with Crippen LogP contribution in [0.25, 0.3) is 10.6 Å². The normalized spacial score (nSPS) is 25.7. The summed E-state index contributed by atoms with van der Waals surface area (Å²) in [6.07, 6.45) is 8.33. The Morgan fingerprint density at radius 1 is 1.21 bits per heavy atom. The van der Waals surface area contributed by atoms with E-state index in [9.17, 15) is 9.59 Å². The number of amides is 1. The molecule has 2 aromatic rings. The van der Waals surface area contributed by atoms with Gasteiger partial charge in [-0.2, -0.15) is 0 Å². The van der Waals surface area contributed by atoms with Crippen LogP contribution in [0.2, 0.25) is 0 Å². The van der Waals surface area contributed by atoms with E-state index in [4.69, 9.17) is 9.47 Å². The summed E-state index contributed by atoms with van der Waals surface area (Å²) >= 11 is 1.73. The van der Waals surface area contributed by atoms with E-state index < -0.39 is 5.60 Å². The molecule has 1 atom stereocenters. The number of hydrogen-bond acceptors (Lipinski definition) is 7. The van der Waals surface area contributed by atoms with Gasteiger partial charge in [0, 0.05) is 43.2 Å². The average molecular weight is 413 g/mol. The zero-order valence-electron chi connectivity index (χ0n) is 16.3. The first-order chi connectivity index (χ1) is 14.0. The lowest BCUT2D eigenvalue weighted by molar-refractivity contribution is -0.167. The molecule has 7 nitrogen and oxygen atoms in total. The number of nitrogens with zero attached hydrogens (tertiary/aromatic N) is 3. The van der Waals surface area contributed by atoms with E-state index in [1.807, 2.05) is 4.90 Å². The number of cyclic esters (lactones) is 1. The molecule has 3 aliphatic heterocycles. The zero-order chi connectivity index (χ0) is 20.1. The fourth-order valence-corrected chi connectivity index (χ4v) is 5.97. The molecule has 0 bridgehead atoms. The van der Waals surface area contributed by atoms with Crippen LogP contribution in [0.15, 0.2) is 24.7 Å². The van der Waals surface area contributed by atoms with Crippen molar-refractivity contribution in [2.75, 3.05) is 19.7 Å². The molecule has 0 radical (unpaired) electrons. The summed E-state index contributed by atoms with van der Waals surface area (Å²) in [7, 11) is 0. The molecule has 5 heterocycles. The Morgan fingerprint density at radius 2 is 2.03 bits per heavy atom. The van der Waals surface area contributed by atoms with Gasteiger partial charge >= 0.3 is 5.97 Å². The molecule has 29 heavy (non-hydrogen) atoms. The van der Waals surface area contributed by atoms with Crippen molar-refractivity contribution in [1.82, 2.24) is 14.9 Å². The molecule has 2 saturated heterocycles. The van der Waals surface area contributed by atoms with Crippen molar-refractivity contribution in [3.63, 3.8) is 0 Å². The molecule has 5 rings (SSSR count). The summed E-state index contributed by atoms with van der Waals surface area (Å²) in [5.74, 6) is -0.370. The summed E-state index contributed by atoms with van der Waals surface area (Å²) in [4.78, 5) is 37.3. The van der Waals surface area contributed by atoms with E-state index >= 15 is 0 Å². The lowest BCUT2D eigenvalue weighted by Gasteiger charge is -2.44. The molecule has 0 N–H and O–H groups in total. The average Bonchev–Trinajstić information content (AvgIpc) is 3.34. The van der Waals surface area contributed by atoms with Crippen molar-refractivity contribution in [2.45, 2.75) is 50.2 Å². The van der Waals surface area contributed by atoms with Gasteiger partial charge in [-0.25, -0.2) is 0 Å². The topological polar surface area (TPSA) is 81.6 Å². The van der Waals surface area contributed by atoms with E-state index in [0.29, 0.717) is 32.5 Å². The molecule has 2 fully saturated rings. The van der Waals surface area contributed by atoms with Crippen LogP contribution in [-0.2, 0) is 31.1 Å². The molecular formula is C21H23N3O4S. The number of rotatable bonds is 2. The SMILES string of the molecule is CC1(C(=O)N2CCC3(CC2)OCCc2cc(-c4cnccn4)sc23)CCC(=O)O1. The molecule has 8 heteroatoms. The molecular weight excluding hydrogens is 390 g/mol. The number of carbonyl (C=O) groups is 2. The van der Waals surface area contributed by atoms with Gasteiger partial charge in [-0.05, 0) is 37.8 Å². The highest BCUT2D eigenvalue weighted by atomic mass is 32.1. The van der Waals surface area contributed by atoms with Gasteiger partial charge in [0.15, 0.2) is 5.60 Å². The van der Waals surface area contributed by atoms with Crippen LogP contribution >= 0.6 is 11.3 Å². The van der Waals surface area contributed by atoms with Crippen molar-refractivity contribution in [1.29, 1.82) is 0 Å². The van der Waals surface area contributed by atoms with Crippen molar-refractivity contribution < 1.29 is 19.1 Å². The fraction of sp³-hybridized carbons (Fsp3) is 0.524. The minimum Gasteiger partial charge on any atom is -0.449 e. The third-order valence-electron chi connectivity index (χ3n) is 6.24.